The Morgan fingerprint density at radius 2 is 2.00 bits per heavy atom. The number of hydrogen-bond acceptors (Lipinski definition) is 0. The number of halogens is 2. The monoisotopic (exact) mass is 204 g/mol. The van der Waals surface area contributed by atoms with Gasteiger partial charge in [0, 0.05) is 0 Å². The lowest BCUT2D eigenvalue weighted by molar-refractivity contribution is 0.570. The maximum atomic E-state index is 6.01. The predicted molar refractivity (Wildman–Crippen MR) is 53.3 cm³/mol. The van der Waals surface area contributed by atoms with Gasteiger partial charge in [0.2, 0.25) is 0 Å². The van der Waals surface area contributed by atoms with E-state index >= 15 is 0 Å². The van der Waals surface area contributed by atoms with Gasteiger partial charge in [-0.25, -0.2) is 20.1 Å². The van der Waals surface area contributed by atoms with E-state index in [1.165, 1.54) is 0 Å². The minimum Gasteiger partial charge on any atom is -0.233 e. The van der Waals surface area contributed by atoms with E-state index in [1.54, 1.807) is 0 Å². The van der Waals surface area contributed by atoms with Crippen LogP contribution in [-0.2, 0) is 0 Å². The molecule has 3 heteroatoms. The zero-order valence-corrected chi connectivity index (χ0v) is 9.39. The Balaban J connectivity index is 2.85. The quantitative estimate of drug-likeness (QED) is 0.575. The van der Waals surface area contributed by atoms with E-state index in [-0.39, 0.29) is 4.28 Å². The topological polar surface area (TPSA) is 0 Å². The SMILES string of the molecule is CC1C=CC=C[C]1(C)[Al]([Cl])[Cl]. The van der Waals surface area contributed by atoms with Crippen molar-refractivity contribution in [3.63, 3.8) is 0 Å². The van der Waals surface area contributed by atoms with Gasteiger partial charge in [0.15, 0.2) is 0 Å². The van der Waals surface area contributed by atoms with Gasteiger partial charge in [-0.1, -0.05) is 38.2 Å². The van der Waals surface area contributed by atoms with Crippen LogP contribution in [0.1, 0.15) is 13.8 Å². The van der Waals surface area contributed by atoms with E-state index in [0.29, 0.717) is 5.92 Å². The van der Waals surface area contributed by atoms with Crippen LogP contribution in [-0.4, -0.2) is 12.3 Å². The van der Waals surface area contributed by atoms with Crippen molar-refractivity contribution in [2.24, 2.45) is 5.92 Å². The van der Waals surface area contributed by atoms with Gasteiger partial charge in [-0.3, -0.25) is 0 Å². The first-order chi connectivity index (χ1) is 5.07. The standard InChI is InChI=1S/C8H11.Al.2ClH/c1-7-5-3-4-6-8(7)2;;;/h3-7H,1-2H3;;2*1H/q;+2;;/p-2. The van der Waals surface area contributed by atoms with Crippen molar-refractivity contribution < 1.29 is 0 Å². The second-order valence-electron chi connectivity index (χ2n) is 3.20. The highest BCUT2D eigenvalue weighted by molar-refractivity contribution is 7.35. The third kappa shape index (κ3) is 1.84. The average molecular weight is 205 g/mol. The highest BCUT2D eigenvalue weighted by Crippen LogP contribution is 2.45. The summed E-state index contributed by atoms with van der Waals surface area (Å²) in [6, 6.07) is 0. The molecule has 0 aliphatic heterocycles. The highest BCUT2D eigenvalue weighted by atomic mass is 35.7. The molecule has 0 saturated heterocycles. The van der Waals surface area contributed by atoms with Crippen LogP contribution in [0.15, 0.2) is 24.3 Å². The van der Waals surface area contributed by atoms with Gasteiger partial charge in [-0.15, -0.1) is 0 Å². The summed E-state index contributed by atoms with van der Waals surface area (Å²) in [5.74, 6) is 0.471. The van der Waals surface area contributed by atoms with Crippen molar-refractivity contribution >= 4 is 32.4 Å². The number of allylic oxidation sites excluding steroid dienone is 4. The maximum absolute atomic E-state index is 6.01. The zero-order chi connectivity index (χ0) is 8.48. The van der Waals surface area contributed by atoms with Crippen LogP contribution in [0.5, 0.6) is 0 Å². The molecule has 0 aromatic rings. The van der Waals surface area contributed by atoms with Crippen molar-refractivity contribution in [2.75, 3.05) is 0 Å². The molecule has 1 aliphatic carbocycles. The van der Waals surface area contributed by atoms with Crippen molar-refractivity contribution in [2.45, 2.75) is 18.1 Å². The molecule has 0 nitrogen and oxygen atoms in total. The molecule has 0 bridgehead atoms. The van der Waals surface area contributed by atoms with Gasteiger partial charge in [-0.2, -0.15) is 0 Å². The Hall–Kier alpha value is 0.592. The average Bonchev–Trinajstić information content (AvgIpc) is 1.95. The largest absolute Gasteiger partial charge is 0.529 e. The van der Waals surface area contributed by atoms with Gasteiger partial charge in [0.05, 0.1) is 0 Å². The van der Waals surface area contributed by atoms with E-state index in [4.69, 9.17) is 20.1 Å². The smallest absolute Gasteiger partial charge is 0.233 e. The molecule has 60 valence electrons. The van der Waals surface area contributed by atoms with E-state index in [1.807, 2.05) is 6.08 Å². The molecule has 2 atom stereocenters. The first-order valence-corrected chi connectivity index (χ1v) is 7.78. The summed E-state index contributed by atoms with van der Waals surface area (Å²) in [4.78, 5) is 0. The molecule has 1 aliphatic rings. The van der Waals surface area contributed by atoms with Gasteiger partial charge in [-0.05, 0) is 10.2 Å². The summed E-state index contributed by atoms with van der Waals surface area (Å²) in [6.07, 6.45) is 8.38. The second-order valence-corrected chi connectivity index (χ2v) is 8.33. The highest BCUT2D eigenvalue weighted by Gasteiger charge is 2.40. The predicted octanol–water partition coefficient (Wildman–Crippen LogP) is 3.47. The normalized spacial score (nSPS) is 35.8. The molecule has 0 amide bonds. The molecule has 0 aromatic carbocycles. The van der Waals surface area contributed by atoms with Crippen molar-refractivity contribution in [3.8, 4) is 0 Å². The van der Waals surface area contributed by atoms with Crippen LogP contribution in [0.3, 0.4) is 0 Å². The lowest BCUT2D eigenvalue weighted by atomic mass is 9.90. The first kappa shape index (κ1) is 9.68. The summed E-state index contributed by atoms with van der Waals surface area (Å²) in [5, 5.41) is 0. The fourth-order valence-corrected chi connectivity index (χ4v) is 3.52. The van der Waals surface area contributed by atoms with Crippen LogP contribution < -0.4 is 0 Å². The van der Waals surface area contributed by atoms with Crippen molar-refractivity contribution in [1.82, 2.24) is 0 Å². The third-order valence-corrected chi connectivity index (χ3v) is 6.90. The summed E-state index contributed by atoms with van der Waals surface area (Å²) in [5.41, 5.74) is 0. The molecule has 2 unspecified atom stereocenters. The van der Waals surface area contributed by atoms with Crippen molar-refractivity contribution in [1.29, 1.82) is 0 Å². The number of hydrogen-bond donors (Lipinski definition) is 0. The zero-order valence-electron chi connectivity index (χ0n) is 6.72. The Morgan fingerprint density at radius 1 is 1.36 bits per heavy atom. The molecule has 0 fully saturated rings. The lowest BCUT2D eigenvalue weighted by Crippen LogP contribution is -2.26. The van der Waals surface area contributed by atoms with Gasteiger partial charge in [0.25, 0.3) is 0 Å². The minimum absolute atomic E-state index is 0.0395. The van der Waals surface area contributed by atoms with Crippen LogP contribution in [0.2, 0.25) is 4.28 Å². The molecule has 0 saturated carbocycles. The molecule has 0 N–H and O–H groups in total. The van der Waals surface area contributed by atoms with Gasteiger partial charge >= 0.3 is 12.3 Å². The summed E-state index contributed by atoms with van der Waals surface area (Å²) >= 11 is -1.62. The Labute approximate surface area is 80.7 Å². The van der Waals surface area contributed by atoms with Crippen LogP contribution >= 0.6 is 20.1 Å². The number of rotatable bonds is 1. The van der Waals surface area contributed by atoms with Gasteiger partial charge in [0.1, 0.15) is 0 Å². The fourth-order valence-electron chi connectivity index (χ4n) is 1.12. The van der Waals surface area contributed by atoms with Crippen LogP contribution in [0.4, 0.5) is 0 Å². The van der Waals surface area contributed by atoms with E-state index in [9.17, 15) is 0 Å². The van der Waals surface area contributed by atoms with E-state index in [2.05, 4.69) is 32.1 Å². The Morgan fingerprint density at radius 3 is 2.36 bits per heavy atom. The molecule has 0 aromatic heterocycles. The first-order valence-electron chi connectivity index (χ1n) is 3.71. The fraction of sp³-hybridized carbons (Fsp3) is 0.500. The molecule has 11 heavy (non-hydrogen) atoms. The summed E-state index contributed by atoms with van der Waals surface area (Å²) in [6.45, 7) is 4.29. The Kier molecular flexibility index (Phi) is 3.12. The molecule has 1 rings (SSSR count). The summed E-state index contributed by atoms with van der Waals surface area (Å²) in [7, 11) is 12.0. The van der Waals surface area contributed by atoms with Crippen LogP contribution in [0, 0.1) is 5.92 Å². The molecular weight excluding hydrogens is 194 g/mol. The molecule has 0 spiro atoms. The second kappa shape index (κ2) is 3.54. The van der Waals surface area contributed by atoms with E-state index in [0.717, 1.165) is 0 Å². The van der Waals surface area contributed by atoms with Crippen molar-refractivity contribution in [3.05, 3.63) is 24.3 Å². The van der Waals surface area contributed by atoms with E-state index < -0.39 is 12.3 Å². The minimum atomic E-state index is -1.62. The van der Waals surface area contributed by atoms with Gasteiger partial charge < -0.3 is 0 Å². The Bertz CT molecular complexity index is 198. The lowest BCUT2D eigenvalue weighted by Gasteiger charge is -2.31. The summed E-state index contributed by atoms with van der Waals surface area (Å²) < 4.78 is 0.0395. The molecule has 0 heterocycles. The van der Waals surface area contributed by atoms with Crippen LogP contribution in [0.25, 0.3) is 0 Å². The maximum Gasteiger partial charge on any atom is 0.529 e. The third-order valence-electron chi connectivity index (χ3n) is 2.42. The molecule has 0 radical (unpaired) electrons. The molecular formula is C8H11AlCl2.